The molecule has 8 heteroatoms. The third-order valence-electron chi connectivity index (χ3n) is 4.24. The zero-order valence-corrected chi connectivity index (χ0v) is 14.3. The molecule has 0 unspecified atom stereocenters. The zero-order valence-electron chi connectivity index (χ0n) is 12.7. The first kappa shape index (κ1) is 16.5. The van der Waals surface area contributed by atoms with Gasteiger partial charge in [0.15, 0.2) is 16.6 Å². The van der Waals surface area contributed by atoms with Crippen LogP contribution in [0.1, 0.15) is 17.5 Å². The molecule has 6 nitrogen and oxygen atoms in total. The van der Waals surface area contributed by atoms with Gasteiger partial charge in [0.05, 0.1) is 24.5 Å². The maximum absolute atomic E-state index is 12.5. The molecule has 2 aliphatic heterocycles. The molecule has 126 valence electrons. The normalized spacial score (nSPS) is 22.3. The molecule has 1 saturated heterocycles. The summed E-state index contributed by atoms with van der Waals surface area (Å²) in [4.78, 5) is 14.0. The first-order valence-electron chi connectivity index (χ1n) is 7.33. The van der Waals surface area contributed by atoms with Crippen molar-refractivity contribution in [1.82, 2.24) is 4.90 Å². The van der Waals surface area contributed by atoms with Gasteiger partial charge in [-0.3, -0.25) is 4.79 Å². The summed E-state index contributed by atoms with van der Waals surface area (Å²) in [6.45, 7) is 0.542. The van der Waals surface area contributed by atoms with Crippen molar-refractivity contribution < 1.29 is 22.7 Å². The molecule has 0 aromatic heterocycles. The van der Waals surface area contributed by atoms with Crippen LogP contribution in [-0.4, -0.2) is 50.6 Å². The quantitative estimate of drug-likeness (QED) is 0.815. The lowest BCUT2D eigenvalue weighted by atomic mass is 10.0. The van der Waals surface area contributed by atoms with Gasteiger partial charge in [0.1, 0.15) is 5.75 Å². The monoisotopic (exact) mass is 359 g/mol. The highest BCUT2D eigenvalue weighted by atomic mass is 35.5. The van der Waals surface area contributed by atoms with E-state index in [1.807, 2.05) is 0 Å². The number of likely N-dealkylation sites (N-methyl/N-ethyl adjacent to an activating group) is 1. The standard InChI is InChI=1S/C15H18ClNO5S/c1-17(13-2-3-23(19,20)8-13)14(18)6-10-4-12(16)5-11-7-21-9-22-15(10)11/h4-5,13H,2-3,6-9H2,1H3/t13-/m1/s1. The molecule has 2 heterocycles. The molecule has 2 aliphatic rings. The van der Waals surface area contributed by atoms with Gasteiger partial charge < -0.3 is 14.4 Å². The Bertz CT molecular complexity index is 734. The Labute approximate surface area is 140 Å². The Morgan fingerprint density at radius 2 is 2.22 bits per heavy atom. The molecule has 23 heavy (non-hydrogen) atoms. The average Bonchev–Trinajstić information content (AvgIpc) is 2.86. The number of hydrogen-bond donors (Lipinski definition) is 0. The van der Waals surface area contributed by atoms with Gasteiger partial charge in [-0.15, -0.1) is 0 Å². The summed E-state index contributed by atoms with van der Waals surface area (Å²) in [7, 11) is -1.38. The summed E-state index contributed by atoms with van der Waals surface area (Å²) in [5.41, 5.74) is 1.52. The fourth-order valence-electron chi connectivity index (χ4n) is 2.96. The number of carbonyl (C=O) groups is 1. The predicted octanol–water partition coefficient (Wildman–Crippen LogP) is 1.39. The van der Waals surface area contributed by atoms with Gasteiger partial charge in [-0.1, -0.05) is 11.6 Å². The lowest BCUT2D eigenvalue weighted by Crippen LogP contribution is -2.38. The Morgan fingerprint density at radius 1 is 1.43 bits per heavy atom. The molecule has 1 fully saturated rings. The van der Waals surface area contributed by atoms with Gasteiger partial charge in [0, 0.05) is 29.2 Å². The van der Waals surface area contributed by atoms with Crippen LogP contribution < -0.4 is 4.74 Å². The Kier molecular flexibility index (Phi) is 4.53. The van der Waals surface area contributed by atoms with E-state index in [1.54, 1.807) is 19.2 Å². The molecular formula is C15H18ClNO5S. The van der Waals surface area contributed by atoms with Crippen LogP contribution in [0.4, 0.5) is 0 Å². The van der Waals surface area contributed by atoms with Crippen molar-refractivity contribution in [3.05, 3.63) is 28.3 Å². The minimum absolute atomic E-state index is 0.0350. The van der Waals surface area contributed by atoms with Crippen LogP contribution in [0.25, 0.3) is 0 Å². The second kappa shape index (κ2) is 6.30. The van der Waals surface area contributed by atoms with Crippen molar-refractivity contribution in [2.24, 2.45) is 0 Å². The number of halogens is 1. The highest BCUT2D eigenvalue weighted by Gasteiger charge is 2.33. The number of sulfone groups is 1. The molecular weight excluding hydrogens is 342 g/mol. The van der Waals surface area contributed by atoms with Gasteiger partial charge in [-0.2, -0.15) is 0 Å². The summed E-state index contributed by atoms with van der Waals surface area (Å²) in [5.74, 6) is 0.670. The molecule has 0 aliphatic carbocycles. The topological polar surface area (TPSA) is 72.9 Å². The highest BCUT2D eigenvalue weighted by molar-refractivity contribution is 7.91. The fraction of sp³-hybridized carbons (Fsp3) is 0.533. The van der Waals surface area contributed by atoms with Crippen molar-refractivity contribution >= 4 is 27.3 Å². The van der Waals surface area contributed by atoms with Crippen molar-refractivity contribution in [3.63, 3.8) is 0 Å². The number of ether oxygens (including phenoxy) is 2. The van der Waals surface area contributed by atoms with Crippen LogP contribution in [0, 0.1) is 0 Å². The van der Waals surface area contributed by atoms with Gasteiger partial charge in [-0.25, -0.2) is 8.42 Å². The van der Waals surface area contributed by atoms with Gasteiger partial charge in [-0.05, 0) is 18.6 Å². The van der Waals surface area contributed by atoms with Crippen LogP contribution in [0.3, 0.4) is 0 Å². The van der Waals surface area contributed by atoms with E-state index >= 15 is 0 Å². The number of nitrogens with zero attached hydrogens (tertiary/aromatic N) is 1. The van der Waals surface area contributed by atoms with Crippen molar-refractivity contribution in [2.45, 2.75) is 25.5 Å². The Balaban J connectivity index is 1.77. The third-order valence-corrected chi connectivity index (χ3v) is 6.21. The summed E-state index contributed by atoms with van der Waals surface area (Å²) in [6, 6.07) is 3.21. The number of benzene rings is 1. The number of carbonyl (C=O) groups excluding carboxylic acids is 1. The van der Waals surface area contributed by atoms with E-state index in [-0.39, 0.29) is 36.7 Å². The van der Waals surface area contributed by atoms with Crippen molar-refractivity contribution in [3.8, 4) is 5.75 Å². The van der Waals surface area contributed by atoms with Crippen molar-refractivity contribution in [2.75, 3.05) is 25.3 Å². The van der Waals surface area contributed by atoms with Crippen LogP contribution in [-0.2, 0) is 32.4 Å². The molecule has 0 saturated carbocycles. The van der Waals surface area contributed by atoms with E-state index in [4.69, 9.17) is 21.1 Å². The van der Waals surface area contributed by atoms with E-state index in [2.05, 4.69) is 0 Å². The molecule has 0 bridgehead atoms. The van der Waals surface area contributed by atoms with E-state index < -0.39 is 9.84 Å². The molecule has 0 radical (unpaired) electrons. The zero-order chi connectivity index (χ0) is 16.6. The summed E-state index contributed by atoms with van der Waals surface area (Å²) < 4.78 is 33.9. The second-order valence-corrected chi connectivity index (χ2v) is 8.57. The first-order valence-corrected chi connectivity index (χ1v) is 9.53. The largest absolute Gasteiger partial charge is 0.467 e. The van der Waals surface area contributed by atoms with Crippen molar-refractivity contribution in [1.29, 1.82) is 0 Å². The maximum atomic E-state index is 12.5. The van der Waals surface area contributed by atoms with Gasteiger partial charge in [0.25, 0.3) is 0 Å². The number of rotatable bonds is 3. The van der Waals surface area contributed by atoms with E-state index in [0.717, 1.165) is 5.56 Å². The highest BCUT2D eigenvalue weighted by Crippen LogP contribution is 2.32. The molecule has 1 aromatic carbocycles. The Hall–Kier alpha value is -1.31. The molecule has 1 aromatic rings. The molecule has 1 amide bonds. The van der Waals surface area contributed by atoms with E-state index in [9.17, 15) is 13.2 Å². The Morgan fingerprint density at radius 3 is 2.91 bits per heavy atom. The number of hydrogen-bond acceptors (Lipinski definition) is 5. The second-order valence-electron chi connectivity index (χ2n) is 5.90. The third kappa shape index (κ3) is 3.62. The summed E-state index contributed by atoms with van der Waals surface area (Å²) >= 11 is 6.09. The lowest BCUT2D eigenvalue weighted by Gasteiger charge is -2.25. The molecule has 3 rings (SSSR count). The van der Waals surface area contributed by atoms with E-state index in [1.165, 1.54) is 4.90 Å². The molecule has 0 N–H and O–H groups in total. The first-order chi connectivity index (χ1) is 10.9. The lowest BCUT2D eigenvalue weighted by molar-refractivity contribution is -0.130. The van der Waals surface area contributed by atoms with Crippen LogP contribution in [0.15, 0.2) is 12.1 Å². The average molecular weight is 360 g/mol. The van der Waals surface area contributed by atoms with Crippen LogP contribution >= 0.6 is 11.6 Å². The molecule has 0 spiro atoms. The smallest absolute Gasteiger partial charge is 0.227 e. The van der Waals surface area contributed by atoms with Gasteiger partial charge >= 0.3 is 0 Å². The fourth-order valence-corrected chi connectivity index (χ4v) is 5.00. The summed E-state index contributed by atoms with van der Waals surface area (Å²) in [6.07, 6.45) is 0.610. The van der Waals surface area contributed by atoms with E-state index in [0.29, 0.717) is 29.4 Å². The number of fused-ring (bicyclic) bond motifs is 1. The minimum atomic E-state index is -3.02. The van der Waals surface area contributed by atoms with Crippen LogP contribution in [0.2, 0.25) is 5.02 Å². The SMILES string of the molecule is CN(C(=O)Cc1cc(Cl)cc2c1OCOC2)[C@@H]1CCS(=O)(=O)C1. The maximum Gasteiger partial charge on any atom is 0.227 e. The number of amides is 1. The molecule has 1 atom stereocenters. The predicted molar refractivity (Wildman–Crippen MR) is 85.3 cm³/mol. The van der Waals surface area contributed by atoms with Crippen LogP contribution in [0.5, 0.6) is 5.75 Å². The minimum Gasteiger partial charge on any atom is -0.467 e. The van der Waals surface area contributed by atoms with Gasteiger partial charge in [0.2, 0.25) is 5.91 Å². The summed E-state index contributed by atoms with van der Waals surface area (Å²) in [5, 5.41) is 0.520.